The third-order valence-corrected chi connectivity index (χ3v) is 1.84. The molecule has 1 nitrogen and oxygen atoms in total. The summed E-state index contributed by atoms with van der Waals surface area (Å²) in [6, 6.07) is 10.3. The SMILES string of the molecule is C[C@H](COS)c1ccccc1. The van der Waals surface area contributed by atoms with Gasteiger partial charge in [-0.2, -0.15) is 0 Å². The van der Waals surface area contributed by atoms with Gasteiger partial charge in [0.25, 0.3) is 0 Å². The Kier molecular flexibility index (Phi) is 3.46. The third-order valence-electron chi connectivity index (χ3n) is 1.69. The minimum Gasteiger partial charge on any atom is -0.318 e. The average molecular weight is 168 g/mol. The van der Waals surface area contributed by atoms with Gasteiger partial charge in [0.15, 0.2) is 0 Å². The van der Waals surface area contributed by atoms with Crippen LogP contribution in [0.5, 0.6) is 0 Å². The van der Waals surface area contributed by atoms with Gasteiger partial charge in [-0.15, -0.1) is 0 Å². The summed E-state index contributed by atoms with van der Waals surface area (Å²) in [5, 5.41) is 0. The molecule has 11 heavy (non-hydrogen) atoms. The Morgan fingerprint density at radius 3 is 2.55 bits per heavy atom. The molecule has 0 fully saturated rings. The van der Waals surface area contributed by atoms with E-state index in [1.54, 1.807) is 0 Å². The first-order valence-electron chi connectivity index (χ1n) is 3.66. The van der Waals surface area contributed by atoms with Gasteiger partial charge in [0, 0.05) is 5.92 Å². The normalized spacial score (nSPS) is 12.9. The zero-order valence-corrected chi connectivity index (χ0v) is 7.42. The second-order valence-electron chi connectivity index (χ2n) is 2.61. The Morgan fingerprint density at radius 2 is 2.00 bits per heavy atom. The van der Waals surface area contributed by atoms with Crippen molar-refractivity contribution >= 4 is 12.9 Å². The van der Waals surface area contributed by atoms with Crippen LogP contribution in [0.1, 0.15) is 18.4 Å². The second kappa shape index (κ2) is 4.42. The maximum Gasteiger partial charge on any atom is 0.0676 e. The van der Waals surface area contributed by atoms with Gasteiger partial charge in [-0.1, -0.05) is 37.3 Å². The van der Waals surface area contributed by atoms with Crippen LogP contribution in [0.3, 0.4) is 0 Å². The lowest BCUT2D eigenvalue weighted by Gasteiger charge is -2.08. The van der Waals surface area contributed by atoms with Gasteiger partial charge in [-0.3, -0.25) is 0 Å². The molecule has 1 aromatic carbocycles. The van der Waals surface area contributed by atoms with Crippen LogP contribution in [-0.2, 0) is 4.18 Å². The van der Waals surface area contributed by atoms with Crippen LogP contribution in [0.25, 0.3) is 0 Å². The van der Waals surface area contributed by atoms with Crippen LogP contribution >= 0.6 is 12.9 Å². The van der Waals surface area contributed by atoms with E-state index in [1.807, 2.05) is 18.2 Å². The molecular formula is C9H12OS. The van der Waals surface area contributed by atoms with E-state index in [0.29, 0.717) is 12.5 Å². The minimum absolute atomic E-state index is 0.425. The quantitative estimate of drug-likeness (QED) is 0.539. The summed E-state index contributed by atoms with van der Waals surface area (Å²) in [6.45, 7) is 2.78. The highest BCUT2D eigenvalue weighted by molar-refractivity contribution is 7.75. The Bertz CT molecular complexity index is 198. The fourth-order valence-electron chi connectivity index (χ4n) is 0.990. The molecule has 0 amide bonds. The van der Waals surface area contributed by atoms with E-state index in [1.165, 1.54) is 5.56 Å². The van der Waals surface area contributed by atoms with Crippen LogP contribution in [0.4, 0.5) is 0 Å². The van der Waals surface area contributed by atoms with Gasteiger partial charge in [0.2, 0.25) is 0 Å². The largest absolute Gasteiger partial charge is 0.318 e. The maximum absolute atomic E-state index is 4.75. The minimum atomic E-state index is 0.425. The zero-order valence-electron chi connectivity index (χ0n) is 6.53. The molecule has 0 N–H and O–H groups in total. The van der Waals surface area contributed by atoms with E-state index in [0.717, 1.165) is 0 Å². The van der Waals surface area contributed by atoms with Crippen molar-refractivity contribution in [3.63, 3.8) is 0 Å². The average Bonchev–Trinajstić information content (AvgIpc) is 2.07. The van der Waals surface area contributed by atoms with Crippen molar-refractivity contribution in [3.8, 4) is 0 Å². The van der Waals surface area contributed by atoms with Crippen molar-refractivity contribution in [2.24, 2.45) is 0 Å². The van der Waals surface area contributed by atoms with Crippen LogP contribution in [0, 0.1) is 0 Å². The van der Waals surface area contributed by atoms with E-state index in [-0.39, 0.29) is 0 Å². The molecule has 0 spiro atoms. The summed E-state index contributed by atoms with van der Waals surface area (Å²) >= 11 is 3.71. The van der Waals surface area contributed by atoms with Gasteiger partial charge in [0.05, 0.1) is 6.61 Å². The molecule has 0 saturated carbocycles. The molecule has 2 heteroatoms. The fourth-order valence-corrected chi connectivity index (χ4v) is 1.21. The molecule has 0 saturated heterocycles. The molecule has 0 aromatic heterocycles. The number of thiol groups is 1. The summed E-state index contributed by atoms with van der Waals surface area (Å²) in [7, 11) is 0. The summed E-state index contributed by atoms with van der Waals surface area (Å²) in [5.74, 6) is 0.425. The molecule has 0 heterocycles. The highest BCUT2D eigenvalue weighted by Crippen LogP contribution is 2.14. The molecule has 0 aliphatic carbocycles. The Balaban J connectivity index is 2.61. The van der Waals surface area contributed by atoms with Crippen LogP contribution in [0.2, 0.25) is 0 Å². The molecule has 1 rings (SSSR count). The Morgan fingerprint density at radius 1 is 1.36 bits per heavy atom. The van der Waals surface area contributed by atoms with E-state index in [2.05, 4.69) is 32.0 Å². The van der Waals surface area contributed by atoms with E-state index in [4.69, 9.17) is 4.18 Å². The monoisotopic (exact) mass is 168 g/mol. The van der Waals surface area contributed by atoms with Crippen LogP contribution in [0.15, 0.2) is 30.3 Å². The highest BCUT2D eigenvalue weighted by Gasteiger charge is 2.02. The van der Waals surface area contributed by atoms with Crippen molar-refractivity contribution in [1.82, 2.24) is 0 Å². The summed E-state index contributed by atoms with van der Waals surface area (Å²) in [4.78, 5) is 0. The highest BCUT2D eigenvalue weighted by atomic mass is 32.1. The predicted molar refractivity (Wildman–Crippen MR) is 49.8 cm³/mol. The molecule has 60 valence electrons. The predicted octanol–water partition coefficient (Wildman–Crippen LogP) is 2.65. The summed E-state index contributed by atoms with van der Waals surface area (Å²) < 4.78 is 4.75. The molecule has 0 radical (unpaired) electrons. The van der Waals surface area contributed by atoms with Gasteiger partial charge in [-0.05, 0) is 18.5 Å². The van der Waals surface area contributed by atoms with E-state index in [9.17, 15) is 0 Å². The van der Waals surface area contributed by atoms with Gasteiger partial charge >= 0.3 is 0 Å². The third kappa shape index (κ3) is 2.56. The van der Waals surface area contributed by atoms with E-state index >= 15 is 0 Å². The first-order valence-corrected chi connectivity index (χ1v) is 4.02. The topological polar surface area (TPSA) is 9.23 Å². The van der Waals surface area contributed by atoms with Gasteiger partial charge in [0.1, 0.15) is 0 Å². The van der Waals surface area contributed by atoms with Crippen molar-refractivity contribution in [2.45, 2.75) is 12.8 Å². The molecule has 0 aliphatic heterocycles. The first-order chi connectivity index (χ1) is 5.34. The molecule has 0 bridgehead atoms. The number of rotatable bonds is 3. The molecule has 0 unspecified atom stereocenters. The van der Waals surface area contributed by atoms with Crippen LogP contribution in [-0.4, -0.2) is 6.61 Å². The van der Waals surface area contributed by atoms with Crippen molar-refractivity contribution < 1.29 is 4.18 Å². The Hall–Kier alpha value is -0.470. The molecule has 1 atom stereocenters. The zero-order chi connectivity index (χ0) is 8.10. The lowest BCUT2D eigenvalue weighted by Crippen LogP contribution is -1.98. The smallest absolute Gasteiger partial charge is 0.0676 e. The Labute approximate surface area is 73.0 Å². The lowest BCUT2D eigenvalue weighted by atomic mass is 10.0. The molecular weight excluding hydrogens is 156 g/mol. The lowest BCUT2D eigenvalue weighted by molar-refractivity contribution is 0.353. The van der Waals surface area contributed by atoms with E-state index < -0.39 is 0 Å². The maximum atomic E-state index is 4.75. The number of hydrogen-bond acceptors (Lipinski definition) is 2. The summed E-state index contributed by atoms with van der Waals surface area (Å²) in [6.07, 6.45) is 0. The number of benzene rings is 1. The standard InChI is InChI=1S/C9H12OS/c1-8(7-10-11)9-5-3-2-4-6-9/h2-6,8,11H,7H2,1H3/t8-/m1/s1. The molecule has 0 aliphatic rings. The fraction of sp³-hybridized carbons (Fsp3) is 0.333. The summed E-state index contributed by atoms with van der Waals surface area (Å²) in [5.41, 5.74) is 1.29. The second-order valence-corrected chi connectivity index (χ2v) is 2.87. The molecule has 1 aromatic rings. The van der Waals surface area contributed by atoms with Crippen molar-refractivity contribution in [2.75, 3.05) is 6.61 Å². The number of hydrogen-bond donors (Lipinski definition) is 1. The van der Waals surface area contributed by atoms with Gasteiger partial charge < -0.3 is 4.18 Å². The van der Waals surface area contributed by atoms with Crippen LogP contribution < -0.4 is 0 Å². The van der Waals surface area contributed by atoms with Crippen molar-refractivity contribution in [1.29, 1.82) is 0 Å². The van der Waals surface area contributed by atoms with Gasteiger partial charge in [-0.25, -0.2) is 0 Å². The van der Waals surface area contributed by atoms with Crippen molar-refractivity contribution in [3.05, 3.63) is 35.9 Å². The first kappa shape index (κ1) is 8.62.